The molecule has 0 spiro atoms. The maximum Gasteiger partial charge on any atom is 0.269 e. The molecule has 0 radical (unpaired) electrons. The molecule has 3 aromatic carbocycles. The van der Waals surface area contributed by atoms with Gasteiger partial charge in [0.2, 0.25) is 0 Å². The maximum absolute atomic E-state index is 10.8. The maximum atomic E-state index is 10.8. The summed E-state index contributed by atoms with van der Waals surface area (Å²) in [6, 6.07) is 23.6. The summed E-state index contributed by atoms with van der Waals surface area (Å²) in [4.78, 5) is 19.6. The zero-order chi connectivity index (χ0) is 20.1. The highest BCUT2D eigenvalue weighted by atomic mass is 32.1. The number of rotatable bonds is 5. The lowest BCUT2D eigenvalue weighted by molar-refractivity contribution is -0.384. The first-order valence-corrected chi connectivity index (χ1v) is 9.54. The first kappa shape index (κ1) is 18.5. The van der Waals surface area contributed by atoms with Gasteiger partial charge >= 0.3 is 0 Å². The number of para-hydroxylation sites is 2. The Labute approximate surface area is 170 Å². The van der Waals surface area contributed by atoms with Crippen molar-refractivity contribution in [2.75, 3.05) is 0 Å². The van der Waals surface area contributed by atoms with Crippen LogP contribution in [0.5, 0.6) is 0 Å². The number of amidine groups is 1. The molecule has 1 heterocycles. The van der Waals surface area contributed by atoms with E-state index in [9.17, 15) is 10.1 Å². The van der Waals surface area contributed by atoms with E-state index in [1.54, 1.807) is 18.3 Å². The monoisotopic (exact) mass is 401 g/mol. The number of non-ortho nitro benzene ring substituents is 1. The SMILES string of the molecule is O=[N+]([O-])c1ccc(/C=N/NC(=Nc2ccccc2)c2nc3ccccc3s2)cc1. The molecule has 4 aromatic rings. The molecule has 0 bridgehead atoms. The van der Waals surface area contributed by atoms with Gasteiger partial charge in [-0.25, -0.2) is 9.98 Å². The van der Waals surface area contributed by atoms with Gasteiger partial charge in [-0.1, -0.05) is 30.3 Å². The summed E-state index contributed by atoms with van der Waals surface area (Å²) < 4.78 is 1.06. The first-order valence-electron chi connectivity index (χ1n) is 8.72. The second-order valence-electron chi connectivity index (χ2n) is 6.00. The van der Waals surface area contributed by atoms with Crippen LogP contribution in [0.1, 0.15) is 10.6 Å². The predicted molar refractivity (Wildman–Crippen MR) is 116 cm³/mol. The van der Waals surface area contributed by atoms with Gasteiger partial charge in [0.05, 0.1) is 27.0 Å². The zero-order valence-corrected chi connectivity index (χ0v) is 15.9. The molecule has 0 fully saturated rings. The Balaban J connectivity index is 1.62. The van der Waals surface area contributed by atoms with E-state index in [4.69, 9.17) is 0 Å². The number of aliphatic imine (C=N–C) groups is 1. The molecule has 0 saturated carbocycles. The number of nitro groups is 1. The second-order valence-corrected chi connectivity index (χ2v) is 7.03. The standard InChI is InChI=1S/C21H15N5O2S/c27-26(28)17-12-10-15(11-13-17)14-22-25-20(23-16-6-2-1-3-7-16)21-24-18-8-4-5-9-19(18)29-21/h1-14H,(H,23,25)/b22-14+. The van der Waals surface area contributed by atoms with E-state index >= 15 is 0 Å². The number of hydrogen-bond acceptors (Lipinski definition) is 6. The molecular formula is C21H15N5O2S. The molecule has 1 N–H and O–H groups in total. The van der Waals surface area contributed by atoms with Crippen LogP contribution >= 0.6 is 11.3 Å². The molecule has 7 nitrogen and oxygen atoms in total. The molecule has 8 heteroatoms. The van der Waals surface area contributed by atoms with Gasteiger partial charge in [0.25, 0.3) is 5.69 Å². The number of nitrogens with zero attached hydrogens (tertiary/aromatic N) is 4. The van der Waals surface area contributed by atoms with E-state index in [0.717, 1.165) is 26.5 Å². The zero-order valence-electron chi connectivity index (χ0n) is 15.1. The fraction of sp³-hybridized carbons (Fsp3) is 0. The van der Waals surface area contributed by atoms with Crippen LogP contribution in [0.2, 0.25) is 0 Å². The smallest absolute Gasteiger partial charge is 0.259 e. The van der Waals surface area contributed by atoms with Crippen molar-refractivity contribution in [3.05, 3.63) is 99.5 Å². The normalized spacial score (nSPS) is 11.8. The van der Waals surface area contributed by atoms with E-state index in [1.165, 1.54) is 23.5 Å². The Bertz CT molecular complexity index is 1170. The van der Waals surface area contributed by atoms with Crippen LogP contribution in [0.4, 0.5) is 11.4 Å². The van der Waals surface area contributed by atoms with Gasteiger partial charge in [-0.05, 0) is 42.0 Å². The summed E-state index contributed by atoms with van der Waals surface area (Å²) in [6.45, 7) is 0. The Morgan fingerprint density at radius 2 is 1.72 bits per heavy atom. The number of thiazole rings is 1. The van der Waals surface area contributed by atoms with E-state index < -0.39 is 4.92 Å². The van der Waals surface area contributed by atoms with Crippen LogP contribution in [0.15, 0.2) is 89.0 Å². The summed E-state index contributed by atoms with van der Waals surface area (Å²) in [6.07, 6.45) is 1.58. The van der Waals surface area contributed by atoms with Crippen LogP contribution in [-0.4, -0.2) is 22.0 Å². The lowest BCUT2D eigenvalue weighted by atomic mass is 10.2. The number of benzene rings is 3. The number of fused-ring (bicyclic) bond motifs is 1. The molecule has 142 valence electrons. The number of nitro benzene ring substituents is 1. The first-order chi connectivity index (χ1) is 14.2. The lowest BCUT2D eigenvalue weighted by Gasteiger charge is -2.03. The molecule has 0 atom stereocenters. The highest BCUT2D eigenvalue weighted by molar-refractivity contribution is 7.20. The molecule has 29 heavy (non-hydrogen) atoms. The van der Waals surface area contributed by atoms with Crippen molar-refractivity contribution in [1.82, 2.24) is 10.4 Å². The van der Waals surface area contributed by atoms with Crippen molar-refractivity contribution in [2.45, 2.75) is 0 Å². The molecule has 4 rings (SSSR count). The summed E-state index contributed by atoms with van der Waals surface area (Å²) in [5.41, 5.74) is 5.41. The average Bonchev–Trinajstić information content (AvgIpc) is 3.18. The van der Waals surface area contributed by atoms with Gasteiger partial charge in [0.1, 0.15) is 0 Å². The van der Waals surface area contributed by atoms with E-state index in [2.05, 4.69) is 20.5 Å². The van der Waals surface area contributed by atoms with E-state index in [1.807, 2.05) is 54.6 Å². The molecule has 0 aliphatic heterocycles. The summed E-state index contributed by atoms with van der Waals surface area (Å²) >= 11 is 1.52. The van der Waals surface area contributed by atoms with E-state index in [0.29, 0.717) is 5.84 Å². The third-order valence-corrected chi connectivity index (χ3v) is 5.02. The van der Waals surface area contributed by atoms with Gasteiger partial charge in [-0.15, -0.1) is 11.3 Å². The highest BCUT2D eigenvalue weighted by Gasteiger charge is 2.10. The van der Waals surface area contributed by atoms with Crippen LogP contribution in [0.3, 0.4) is 0 Å². The van der Waals surface area contributed by atoms with Crippen molar-refractivity contribution in [3.63, 3.8) is 0 Å². The van der Waals surface area contributed by atoms with Gasteiger partial charge < -0.3 is 0 Å². The third-order valence-electron chi connectivity index (χ3n) is 3.98. The van der Waals surface area contributed by atoms with Crippen LogP contribution in [0, 0.1) is 10.1 Å². The number of hydrogen-bond donors (Lipinski definition) is 1. The van der Waals surface area contributed by atoms with Crippen molar-refractivity contribution < 1.29 is 4.92 Å². The average molecular weight is 401 g/mol. The Kier molecular flexibility index (Phi) is 5.35. The van der Waals surface area contributed by atoms with Gasteiger partial charge in [0, 0.05) is 12.1 Å². The van der Waals surface area contributed by atoms with Crippen molar-refractivity contribution in [1.29, 1.82) is 0 Å². The minimum atomic E-state index is -0.434. The largest absolute Gasteiger partial charge is 0.269 e. The fourth-order valence-electron chi connectivity index (χ4n) is 2.58. The summed E-state index contributed by atoms with van der Waals surface area (Å²) in [7, 11) is 0. The topological polar surface area (TPSA) is 92.8 Å². The van der Waals surface area contributed by atoms with Crippen molar-refractivity contribution in [3.8, 4) is 0 Å². The summed E-state index contributed by atoms with van der Waals surface area (Å²) in [5, 5.41) is 15.7. The minimum absolute atomic E-state index is 0.0379. The molecule has 0 amide bonds. The van der Waals surface area contributed by atoms with Crippen molar-refractivity contribution >= 4 is 45.0 Å². The fourth-order valence-corrected chi connectivity index (χ4v) is 3.48. The predicted octanol–water partition coefficient (Wildman–Crippen LogP) is 4.91. The highest BCUT2D eigenvalue weighted by Crippen LogP contribution is 2.23. The molecule has 0 aliphatic carbocycles. The van der Waals surface area contributed by atoms with E-state index in [-0.39, 0.29) is 5.69 Å². The van der Waals surface area contributed by atoms with Crippen molar-refractivity contribution in [2.24, 2.45) is 10.1 Å². The van der Waals surface area contributed by atoms with Crippen LogP contribution < -0.4 is 5.43 Å². The van der Waals surface area contributed by atoms with Gasteiger partial charge in [-0.2, -0.15) is 5.10 Å². The Morgan fingerprint density at radius 3 is 2.45 bits per heavy atom. The molecule has 0 unspecified atom stereocenters. The minimum Gasteiger partial charge on any atom is -0.259 e. The Morgan fingerprint density at radius 1 is 1.00 bits per heavy atom. The lowest BCUT2D eigenvalue weighted by Crippen LogP contribution is -2.18. The number of aromatic nitrogens is 1. The third kappa shape index (κ3) is 4.50. The molecular weight excluding hydrogens is 386 g/mol. The number of hydrazone groups is 1. The van der Waals surface area contributed by atoms with Crippen LogP contribution in [-0.2, 0) is 0 Å². The van der Waals surface area contributed by atoms with Crippen LogP contribution in [0.25, 0.3) is 10.2 Å². The Hall–Kier alpha value is -3.91. The number of nitrogens with one attached hydrogen (secondary N) is 1. The second kappa shape index (κ2) is 8.41. The van der Waals surface area contributed by atoms with Gasteiger partial charge in [-0.3, -0.25) is 15.5 Å². The quantitative estimate of drug-likeness (QED) is 0.223. The molecule has 0 aliphatic rings. The van der Waals surface area contributed by atoms with Gasteiger partial charge in [0.15, 0.2) is 10.8 Å². The molecule has 0 saturated heterocycles. The molecule has 1 aromatic heterocycles. The summed E-state index contributed by atoms with van der Waals surface area (Å²) in [5.74, 6) is 0.524.